The van der Waals surface area contributed by atoms with Crippen molar-refractivity contribution in [3.05, 3.63) is 47.5 Å². The molecule has 0 spiro atoms. The first-order valence-electron chi connectivity index (χ1n) is 9.15. The van der Waals surface area contributed by atoms with Crippen LogP contribution in [0.25, 0.3) is 10.9 Å². The average molecular weight is 410 g/mol. The summed E-state index contributed by atoms with van der Waals surface area (Å²) in [6.07, 6.45) is 0. The molecule has 0 atom stereocenters. The number of carbonyl (C=O) groups excluding carboxylic acids is 1. The van der Waals surface area contributed by atoms with Gasteiger partial charge in [0.25, 0.3) is 0 Å². The molecule has 3 aromatic rings. The van der Waals surface area contributed by atoms with Crippen molar-refractivity contribution in [2.45, 2.75) is 18.5 Å². The van der Waals surface area contributed by atoms with E-state index in [2.05, 4.69) is 11.4 Å². The Morgan fingerprint density at radius 3 is 2.55 bits per heavy atom. The minimum Gasteiger partial charge on any atom is -0.454 e. The number of amides is 1. The van der Waals surface area contributed by atoms with E-state index < -0.39 is 0 Å². The molecular weight excluding hydrogens is 392 g/mol. The highest BCUT2D eigenvalue weighted by Crippen LogP contribution is 2.37. The highest BCUT2D eigenvalue weighted by atomic mass is 32.2. The van der Waals surface area contributed by atoms with Crippen LogP contribution in [-0.4, -0.2) is 30.2 Å². The number of carbonyl (C=O) groups is 1. The molecule has 0 saturated carbocycles. The molecule has 5 rings (SSSR count). The van der Waals surface area contributed by atoms with E-state index >= 15 is 0 Å². The monoisotopic (exact) mass is 410 g/mol. The summed E-state index contributed by atoms with van der Waals surface area (Å²) in [6, 6.07) is 11.5. The quantitative estimate of drug-likeness (QED) is 0.646. The first kappa shape index (κ1) is 17.9. The Labute approximate surface area is 171 Å². The van der Waals surface area contributed by atoms with Gasteiger partial charge in [-0.25, -0.2) is 4.98 Å². The van der Waals surface area contributed by atoms with Gasteiger partial charge in [-0.05, 0) is 42.3 Å². The first-order valence-corrected chi connectivity index (χ1v) is 10.1. The lowest BCUT2D eigenvalue weighted by Crippen LogP contribution is -2.24. The van der Waals surface area contributed by atoms with Crippen LogP contribution in [0.2, 0.25) is 0 Å². The van der Waals surface area contributed by atoms with Gasteiger partial charge in [-0.2, -0.15) is 0 Å². The molecule has 0 fully saturated rings. The number of aromatic nitrogens is 1. The van der Waals surface area contributed by atoms with E-state index in [0.29, 0.717) is 18.0 Å². The summed E-state index contributed by atoms with van der Waals surface area (Å²) >= 11 is 1.42. The third kappa shape index (κ3) is 3.63. The van der Waals surface area contributed by atoms with E-state index in [4.69, 9.17) is 23.9 Å². The van der Waals surface area contributed by atoms with Crippen LogP contribution < -0.4 is 24.3 Å². The van der Waals surface area contributed by atoms with E-state index in [1.807, 2.05) is 37.3 Å². The van der Waals surface area contributed by atoms with Crippen LogP contribution in [0.15, 0.2) is 41.4 Å². The number of thioether (sulfide) groups is 1. The number of pyridine rings is 1. The van der Waals surface area contributed by atoms with E-state index in [1.54, 1.807) is 0 Å². The molecule has 2 aromatic carbocycles. The van der Waals surface area contributed by atoms with Gasteiger partial charge in [-0.1, -0.05) is 17.8 Å². The minimum absolute atomic E-state index is 0.0559. The van der Waals surface area contributed by atoms with Gasteiger partial charge >= 0.3 is 0 Å². The fraction of sp³-hybridized carbons (Fsp3) is 0.238. The van der Waals surface area contributed by atoms with Gasteiger partial charge in [0.15, 0.2) is 23.0 Å². The van der Waals surface area contributed by atoms with Crippen molar-refractivity contribution >= 4 is 28.6 Å². The predicted molar refractivity (Wildman–Crippen MR) is 108 cm³/mol. The predicted octanol–water partition coefficient (Wildman–Crippen LogP) is 3.41. The molecule has 0 bridgehead atoms. The fourth-order valence-corrected chi connectivity index (χ4v) is 4.05. The van der Waals surface area contributed by atoms with Crippen molar-refractivity contribution in [2.75, 3.05) is 19.3 Å². The number of nitrogens with zero attached hydrogens (tertiary/aromatic N) is 1. The molecule has 7 nitrogen and oxygen atoms in total. The van der Waals surface area contributed by atoms with Crippen LogP contribution >= 0.6 is 11.8 Å². The molecular formula is C21H18N2O5S. The summed E-state index contributed by atoms with van der Waals surface area (Å²) in [5, 5.41) is 4.75. The largest absolute Gasteiger partial charge is 0.454 e. The standard InChI is InChI=1S/C21H18N2O5S/c1-12-4-14-6-18-19(28-11-27-18)7-15(14)23-21(12)29-9-20(24)22-8-13-2-3-16-17(5-13)26-10-25-16/h2-7H,8-11H2,1H3,(H,22,24). The Morgan fingerprint density at radius 2 is 1.72 bits per heavy atom. The highest BCUT2D eigenvalue weighted by Gasteiger charge is 2.17. The van der Waals surface area contributed by atoms with Crippen molar-refractivity contribution in [2.24, 2.45) is 0 Å². The zero-order valence-electron chi connectivity index (χ0n) is 15.7. The molecule has 1 amide bonds. The number of hydrogen-bond acceptors (Lipinski definition) is 7. The van der Waals surface area contributed by atoms with E-state index in [1.165, 1.54) is 11.8 Å². The SMILES string of the molecule is Cc1cc2cc3c(cc2nc1SCC(=O)NCc1ccc2c(c1)OCO2)OCO3. The van der Waals surface area contributed by atoms with Crippen LogP contribution in [0, 0.1) is 6.92 Å². The Hall–Kier alpha value is -3.13. The topological polar surface area (TPSA) is 78.9 Å². The molecule has 1 aromatic heterocycles. The van der Waals surface area contributed by atoms with Crippen LogP contribution in [0.3, 0.4) is 0 Å². The number of hydrogen-bond donors (Lipinski definition) is 1. The third-order valence-electron chi connectivity index (χ3n) is 4.72. The van der Waals surface area contributed by atoms with Crippen molar-refractivity contribution < 1.29 is 23.7 Å². The summed E-state index contributed by atoms with van der Waals surface area (Å²) in [6.45, 7) is 2.89. The maximum Gasteiger partial charge on any atom is 0.231 e. The summed E-state index contributed by atoms with van der Waals surface area (Å²) in [5.74, 6) is 3.11. The maximum atomic E-state index is 12.3. The summed E-state index contributed by atoms with van der Waals surface area (Å²) in [4.78, 5) is 17.0. The lowest BCUT2D eigenvalue weighted by molar-refractivity contribution is -0.118. The molecule has 1 N–H and O–H groups in total. The molecule has 2 aliphatic rings. The smallest absolute Gasteiger partial charge is 0.231 e. The first-order chi connectivity index (χ1) is 14.2. The van der Waals surface area contributed by atoms with Crippen LogP contribution in [0.4, 0.5) is 0 Å². The van der Waals surface area contributed by atoms with Gasteiger partial charge in [0.2, 0.25) is 19.5 Å². The third-order valence-corrected chi connectivity index (χ3v) is 5.81. The molecule has 0 radical (unpaired) electrons. The van der Waals surface area contributed by atoms with Crippen LogP contribution in [-0.2, 0) is 11.3 Å². The van der Waals surface area contributed by atoms with E-state index in [9.17, 15) is 4.79 Å². The average Bonchev–Trinajstić information content (AvgIpc) is 3.37. The van der Waals surface area contributed by atoms with E-state index in [0.717, 1.165) is 38.6 Å². The molecule has 0 saturated heterocycles. The van der Waals surface area contributed by atoms with Gasteiger partial charge in [-0.3, -0.25) is 4.79 Å². The van der Waals surface area contributed by atoms with Crippen molar-refractivity contribution in [1.82, 2.24) is 10.3 Å². The van der Waals surface area contributed by atoms with Crippen molar-refractivity contribution in [3.63, 3.8) is 0 Å². The second kappa shape index (κ2) is 7.36. The van der Waals surface area contributed by atoms with E-state index in [-0.39, 0.29) is 25.2 Å². The maximum absolute atomic E-state index is 12.3. The summed E-state index contributed by atoms with van der Waals surface area (Å²) in [7, 11) is 0. The van der Waals surface area contributed by atoms with Gasteiger partial charge in [0.05, 0.1) is 11.3 Å². The number of benzene rings is 2. The highest BCUT2D eigenvalue weighted by molar-refractivity contribution is 7.99. The number of aryl methyl sites for hydroxylation is 1. The molecule has 29 heavy (non-hydrogen) atoms. The number of fused-ring (bicyclic) bond motifs is 3. The number of nitrogens with one attached hydrogen (secondary N) is 1. The van der Waals surface area contributed by atoms with Crippen LogP contribution in [0.1, 0.15) is 11.1 Å². The molecule has 2 aliphatic heterocycles. The Kier molecular flexibility index (Phi) is 4.55. The normalized spacial score (nSPS) is 13.7. The molecule has 0 unspecified atom stereocenters. The number of rotatable bonds is 5. The second-order valence-electron chi connectivity index (χ2n) is 6.76. The van der Waals surface area contributed by atoms with Crippen LogP contribution in [0.5, 0.6) is 23.0 Å². The summed E-state index contributed by atoms with van der Waals surface area (Å²) in [5.41, 5.74) is 2.80. The Bertz CT molecular complexity index is 1120. The Balaban J connectivity index is 1.22. The van der Waals surface area contributed by atoms with Gasteiger partial charge in [0.1, 0.15) is 5.03 Å². The Morgan fingerprint density at radius 1 is 1.00 bits per heavy atom. The molecule has 3 heterocycles. The molecule has 148 valence electrons. The van der Waals surface area contributed by atoms with Gasteiger partial charge in [0, 0.05) is 18.0 Å². The second-order valence-corrected chi connectivity index (χ2v) is 7.73. The van der Waals surface area contributed by atoms with Crippen molar-refractivity contribution in [1.29, 1.82) is 0 Å². The molecule has 8 heteroatoms. The minimum atomic E-state index is -0.0559. The molecule has 0 aliphatic carbocycles. The zero-order chi connectivity index (χ0) is 19.8. The lowest BCUT2D eigenvalue weighted by Gasteiger charge is -2.09. The summed E-state index contributed by atoms with van der Waals surface area (Å²) < 4.78 is 21.5. The van der Waals surface area contributed by atoms with Crippen molar-refractivity contribution in [3.8, 4) is 23.0 Å². The number of ether oxygens (including phenoxy) is 4. The fourth-order valence-electron chi connectivity index (χ4n) is 3.23. The lowest BCUT2D eigenvalue weighted by atomic mass is 10.1. The van der Waals surface area contributed by atoms with Gasteiger partial charge in [-0.15, -0.1) is 0 Å². The van der Waals surface area contributed by atoms with Gasteiger partial charge < -0.3 is 24.3 Å². The zero-order valence-corrected chi connectivity index (χ0v) is 16.5.